The van der Waals surface area contributed by atoms with E-state index in [0.717, 1.165) is 45.4 Å². The lowest BCUT2D eigenvalue weighted by atomic mass is 9.85. The van der Waals surface area contributed by atoms with E-state index in [4.69, 9.17) is 19.4 Å². The molecule has 10 aromatic rings. The van der Waals surface area contributed by atoms with Crippen LogP contribution in [0.3, 0.4) is 0 Å². The topological polar surface area (TPSA) is 51.8 Å². The van der Waals surface area contributed by atoms with Crippen molar-refractivity contribution in [2.24, 2.45) is 0 Å². The van der Waals surface area contributed by atoms with Crippen LogP contribution in [0, 0.1) is 0 Å². The molecule has 264 valence electrons. The number of aromatic nitrogens is 3. The van der Waals surface area contributed by atoms with Gasteiger partial charge in [-0.2, -0.15) is 0 Å². The van der Waals surface area contributed by atoms with E-state index in [9.17, 15) is 0 Å². The van der Waals surface area contributed by atoms with Crippen molar-refractivity contribution in [1.29, 1.82) is 0 Å². The van der Waals surface area contributed by atoms with E-state index in [1.54, 1.807) is 0 Å². The average molecular weight is 736 g/mol. The molecule has 1 aliphatic rings. The van der Waals surface area contributed by atoms with E-state index >= 15 is 0 Å². The summed E-state index contributed by atoms with van der Waals surface area (Å²) in [6, 6.07) is 59.8. The Hall–Kier alpha value is -6.95. The summed E-state index contributed by atoms with van der Waals surface area (Å²) in [5.74, 6) is 2.99. The number of fused-ring (bicyclic) bond motifs is 6. The minimum Gasteiger partial charge on any atom is -0.456 e. The third-order valence-electron chi connectivity index (χ3n) is 11.0. The highest BCUT2D eigenvalue weighted by molar-refractivity contribution is 7.25. The Morgan fingerprint density at radius 2 is 1.07 bits per heavy atom. The zero-order valence-corrected chi connectivity index (χ0v) is 31.1. The first-order chi connectivity index (χ1) is 27.7. The lowest BCUT2D eigenvalue weighted by Gasteiger charge is -2.18. The van der Waals surface area contributed by atoms with Crippen LogP contribution in [0.5, 0.6) is 0 Å². The number of furan rings is 1. The Morgan fingerprint density at radius 3 is 1.86 bits per heavy atom. The Morgan fingerprint density at radius 1 is 0.482 bits per heavy atom. The summed E-state index contributed by atoms with van der Waals surface area (Å²) in [5.41, 5.74) is 10.9. The summed E-state index contributed by atoms with van der Waals surface area (Å²) in [6.07, 6.45) is 5.22. The summed E-state index contributed by atoms with van der Waals surface area (Å²) in [6.45, 7) is 0. The van der Waals surface area contributed by atoms with Crippen molar-refractivity contribution in [3.8, 4) is 56.4 Å². The molecule has 0 saturated carbocycles. The van der Waals surface area contributed by atoms with Gasteiger partial charge < -0.3 is 4.42 Å². The van der Waals surface area contributed by atoms with Crippen LogP contribution in [0.2, 0.25) is 0 Å². The second-order valence-corrected chi connectivity index (χ2v) is 15.4. The van der Waals surface area contributed by atoms with E-state index in [1.807, 2.05) is 59.9 Å². The standard InChI is InChI=1S/C51H33N3OS/c1-3-10-32(11-4-1)33-22-24-37(25-23-33)50-52-49(36-12-5-2-6-13-36)53-51(54-50)41-15-9-16-45-48(41)43-31-38(26-28-44(43)55-45)34-18-20-35(21-19-34)39-27-29-47-42(30-39)40-14-7-8-17-46(40)56-47/h1-30,38H,31H2. The van der Waals surface area contributed by atoms with Crippen LogP contribution in [0.1, 0.15) is 22.8 Å². The number of allylic oxidation sites excluding steroid dienone is 1. The zero-order valence-electron chi connectivity index (χ0n) is 30.3. The SMILES string of the molecule is C1=CC(c2ccc(-c3ccc4sc5ccccc5c4c3)cc2)Cc2c1oc1cccc(-c3nc(-c4ccccc4)nc(-c4ccc(-c5ccccc5)cc4)n3)c21. The average Bonchev–Trinajstić information content (AvgIpc) is 3.85. The van der Waals surface area contributed by atoms with E-state index in [1.165, 1.54) is 48.0 Å². The van der Waals surface area contributed by atoms with Crippen molar-refractivity contribution >= 4 is 48.6 Å². The Balaban J connectivity index is 0.952. The summed E-state index contributed by atoms with van der Waals surface area (Å²) < 4.78 is 9.15. The molecular weight excluding hydrogens is 703 g/mol. The van der Waals surface area contributed by atoms with Gasteiger partial charge in [0.2, 0.25) is 0 Å². The van der Waals surface area contributed by atoms with Gasteiger partial charge in [-0.15, -0.1) is 11.3 Å². The van der Waals surface area contributed by atoms with Crippen LogP contribution < -0.4 is 0 Å². The first-order valence-electron chi connectivity index (χ1n) is 18.9. The van der Waals surface area contributed by atoms with Gasteiger partial charge in [0, 0.05) is 53.7 Å². The molecule has 56 heavy (non-hydrogen) atoms. The minimum absolute atomic E-state index is 0.200. The number of benzene rings is 7. The predicted octanol–water partition coefficient (Wildman–Crippen LogP) is 13.7. The molecule has 0 fully saturated rings. The van der Waals surface area contributed by atoms with Crippen molar-refractivity contribution in [3.63, 3.8) is 0 Å². The molecule has 0 amide bonds. The van der Waals surface area contributed by atoms with Crippen LogP contribution in [-0.4, -0.2) is 15.0 Å². The fourth-order valence-corrected chi connectivity index (χ4v) is 9.17. The highest BCUT2D eigenvalue weighted by atomic mass is 32.1. The lowest BCUT2D eigenvalue weighted by molar-refractivity contribution is 0.591. The second-order valence-electron chi connectivity index (χ2n) is 14.3. The van der Waals surface area contributed by atoms with Crippen molar-refractivity contribution in [1.82, 2.24) is 15.0 Å². The maximum atomic E-state index is 6.50. The van der Waals surface area contributed by atoms with Gasteiger partial charge in [-0.3, -0.25) is 0 Å². The minimum atomic E-state index is 0.200. The fraction of sp³-hybridized carbons (Fsp3) is 0.0392. The van der Waals surface area contributed by atoms with Crippen molar-refractivity contribution in [3.05, 3.63) is 193 Å². The fourth-order valence-electron chi connectivity index (χ4n) is 8.09. The van der Waals surface area contributed by atoms with Crippen LogP contribution in [0.25, 0.3) is 93.6 Å². The van der Waals surface area contributed by atoms with E-state index < -0.39 is 0 Å². The number of thiophene rings is 1. The molecule has 1 atom stereocenters. The lowest BCUT2D eigenvalue weighted by Crippen LogP contribution is -2.05. The molecule has 0 radical (unpaired) electrons. The molecule has 11 rings (SSSR count). The van der Waals surface area contributed by atoms with Gasteiger partial charge in [0.15, 0.2) is 17.5 Å². The van der Waals surface area contributed by atoms with E-state index in [0.29, 0.717) is 17.5 Å². The highest BCUT2D eigenvalue weighted by Crippen LogP contribution is 2.42. The third kappa shape index (κ3) is 5.72. The van der Waals surface area contributed by atoms with Crippen molar-refractivity contribution < 1.29 is 4.42 Å². The normalized spacial score (nSPS) is 13.8. The van der Waals surface area contributed by atoms with Crippen molar-refractivity contribution in [2.75, 3.05) is 0 Å². The smallest absolute Gasteiger partial charge is 0.164 e. The van der Waals surface area contributed by atoms with Crippen LogP contribution in [0.4, 0.5) is 0 Å². The molecule has 0 aliphatic heterocycles. The first-order valence-corrected chi connectivity index (χ1v) is 19.8. The van der Waals surface area contributed by atoms with Gasteiger partial charge in [-0.05, 0) is 64.6 Å². The number of hydrogen-bond acceptors (Lipinski definition) is 5. The molecular formula is C51H33N3OS. The maximum Gasteiger partial charge on any atom is 0.164 e. The highest BCUT2D eigenvalue weighted by Gasteiger charge is 2.25. The second kappa shape index (κ2) is 13.4. The molecule has 3 aromatic heterocycles. The van der Waals surface area contributed by atoms with Crippen LogP contribution >= 0.6 is 11.3 Å². The van der Waals surface area contributed by atoms with Gasteiger partial charge in [0.1, 0.15) is 11.3 Å². The van der Waals surface area contributed by atoms with Gasteiger partial charge in [-0.1, -0.05) is 152 Å². The number of hydrogen-bond donors (Lipinski definition) is 0. The first kappa shape index (κ1) is 32.5. The Labute approximate surface area is 328 Å². The molecule has 5 heteroatoms. The molecule has 0 saturated heterocycles. The van der Waals surface area contributed by atoms with Gasteiger partial charge >= 0.3 is 0 Å². The Kier molecular flexibility index (Phi) is 7.78. The van der Waals surface area contributed by atoms with E-state index in [2.05, 4.69) is 133 Å². The molecule has 1 unspecified atom stereocenters. The quantitative estimate of drug-likeness (QED) is 0.171. The molecule has 0 spiro atoms. The van der Waals surface area contributed by atoms with Crippen molar-refractivity contribution in [2.45, 2.75) is 12.3 Å². The molecule has 7 aromatic carbocycles. The van der Waals surface area contributed by atoms with Crippen LogP contribution in [-0.2, 0) is 6.42 Å². The third-order valence-corrected chi connectivity index (χ3v) is 12.1. The summed E-state index contributed by atoms with van der Waals surface area (Å²) in [5, 5.41) is 3.70. The van der Waals surface area contributed by atoms with E-state index in [-0.39, 0.29) is 5.92 Å². The summed E-state index contributed by atoms with van der Waals surface area (Å²) in [4.78, 5) is 15.3. The number of nitrogens with zero attached hydrogens (tertiary/aromatic N) is 3. The molecule has 4 nitrogen and oxygen atoms in total. The van der Waals surface area contributed by atoms with Crippen LogP contribution in [0.15, 0.2) is 180 Å². The summed E-state index contributed by atoms with van der Waals surface area (Å²) >= 11 is 1.85. The molecule has 3 heterocycles. The Bertz CT molecular complexity index is 3090. The molecule has 0 N–H and O–H groups in total. The maximum absolute atomic E-state index is 6.50. The van der Waals surface area contributed by atoms with Gasteiger partial charge in [-0.25, -0.2) is 15.0 Å². The number of rotatable bonds is 6. The van der Waals surface area contributed by atoms with Gasteiger partial charge in [0.25, 0.3) is 0 Å². The zero-order chi connectivity index (χ0) is 37.0. The monoisotopic (exact) mass is 735 g/mol. The molecule has 0 bridgehead atoms. The summed E-state index contributed by atoms with van der Waals surface area (Å²) in [7, 11) is 0. The predicted molar refractivity (Wildman–Crippen MR) is 232 cm³/mol. The molecule has 1 aliphatic carbocycles. The van der Waals surface area contributed by atoms with Gasteiger partial charge in [0.05, 0.1) is 0 Å². The largest absolute Gasteiger partial charge is 0.456 e.